The second-order valence-electron chi connectivity index (χ2n) is 17.4. The number of carbonyl (C=O) groups is 9. The molecule has 1 aliphatic rings. The van der Waals surface area contributed by atoms with Crippen LogP contribution in [0.4, 0.5) is 0 Å². The zero-order valence-corrected chi connectivity index (χ0v) is 40.9. The van der Waals surface area contributed by atoms with Gasteiger partial charge in [0.2, 0.25) is 47.3 Å². The number of aliphatic imine (C=N–C) groups is 1. The van der Waals surface area contributed by atoms with E-state index in [1.165, 1.54) is 24.3 Å². The van der Waals surface area contributed by atoms with Crippen LogP contribution in [-0.2, 0) is 49.6 Å². The lowest BCUT2D eigenvalue weighted by atomic mass is 10.0. The summed E-state index contributed by atoms with van der Waals surface area (Å²) in [6.07, 6.45) is 4.64. The molecule has 1 aromatic rings. The highest BCUT2D eigenvalue weighted by atomic mass is 16.4. The number of aliphatic hydroxyl groups excluding tert-OH is 1. The van der Waals surface area contributed by atoms with Gasteiger partial charge >= 0.3 is 5.97 Å². The van der Waals surface area contributed by atoms with Crippen LogP contribution < -0.4 is 77.4 Å². The highest BCUT2D eigenvalue weighted by molar-refractivity contribution is 5.97. The summed E-state index contributed by atoms with van der Waals surface area (Å²) >= 11 is 0. The van der Waals surface area contributed by atoms with Crippen molar-refractivity contribution in [2.24, 2.45) is 45.1 Å². The number of carbonyl (C=O) groups excluding carboxylic acids is 8. The number of H-pyrrole nitrogens is 1. The van der Waals surface area contributed by atoms with Crippen LogP contribution in [0.3, 0.4) is 0 Å². The molecule has 1 fully saturated rings. The topological polar surface area (TPSA) is 505 Å². The van der Waals surface area contributed by atoms with Gasteiger partial charge in [0.25, 0.3) is 0 Å². The van der Waals surface area contributed by atoms with Gasteiger partial charge in [0, 0.05) is 37.9 Å². The van der Waals surface area contributed by atoms with E-state index in [1.807, 2.05) is 0 Å². The fourth-order valence-corrected chi connectivity index (χ4v) is 7.55. The fourth-order valence-electron chi connectivity index (χ4n) is 7.55. The van der Waals surface area contributed by atoms with Gasteiger partial charge in [0.1, 0.15) is 42.3 Å². The lowest BCUT2D eigenvalue weighted by Gasteiger charge is -2.30. The molecule has 0 saturated carbocycles. The van der Waals surface area contributed by atoms with Gasteiger partial charge in [0.15, 0.2) is 5.96 Å². The summed E-state index contributed by atoms with van der Waals surface area (Å²) in [7, 11) is 0. The first-order valence-electron chi connectivity index (χ1n) is 24.2. The van der Waals surface area contributed by atoms with Crippen molar-refractivity contribution in [1.82, 2.24) is 52.1 Å². The number of hydrogen-bond acceptors (Lipinski definition) is 17. The number of aliphatic hydroxyl groups is 1. The van der Waals surface area contributed by atoms with E-state index in [4.69, 9.17) is 40.1 Å². The van der Waals surface area contributed by atoms with Gasteiger partial charge in [0.05, 0.1) is 25.0 Å². The minimum absolute atomic E-state index is 0.0223. The van der Waals surface area contributed by atoms with Crippen molar-refractivity contribution in [3.8, 4) is 0 Å². The Morgan fingerprint density at radius 1 is 0.750 bits per heavy atom. The molecule has 0 unspecified atom stereocenters. The first kappa shape index (κ1) is 61.6. The summed E-state index contributed by atoms with van der Waals surface area (Å²) < 4.78 is 0. The summed E-state index contributed by atoms with van der Waals surface area (Å²) in [5.41, 5.74) is 39.5. The Balaban J connectivity index is 2.18. The normalized spacial score (nSPS) is 16.5. The number of aromatic amines is 1. The monoisotopic (exact) mass is 1020 g/mol. The molecule has 29 heteroatoms. The van der Waals surface area contributed by atoms with Crippen LogP contribution in [0.5, 0.6) is 0 Å². The SMILES string of the molecule is C[C@H](NC(=O)[C@@H](NC(=O)[C@@H](N)CCCCN)[C@@H](O)CN)C(=O)NCC(=O)N[C@H](CCCN)C(=O)N1CCC[C@H]1C(=O)N[C@@H](Cc1cnc[nH]1)C(=O)N[C@@H](CCCCN)C(=O)N[C@H](CCCN=C(N)N)C(=O)O. The molecule has 406 valence electrons. The molecular weight excluding hydrogens is 945 g/mol. The number of unbranched alkanes of at least 4 members (excludes halogenated alkanes) is 2. The number of imidazole rings is 1. The van der Waals surface area contributed by atoms with Crippen molar-refractivity contribution in [3.63, 3.8) is 0 Å². The zero-order valence-electron chi connectivity index (χ0n) is 40.9. The molecular formula is C43H78N18O11. The predicted octanol–water partition coefficient (Wildman–Crippen LogP) is -7.23. The molecule has 72 heavy (non-hydrogen) atoms. The number of nitrogens with zero attached hydrogens (tertiary/aromatic N) is 3. The minimum Gasteiger partial charge on any atom is -0.480 e. The quantitative estimate of drug-likeness (QED) is 0.0171. The highest BCUT2D eigenvalue weighted by Crippen LogP contribution is 2.20. The number of nitrogens with one attached hydrogen (secondary N) is 8. The third-order valence-corrected chi connectivity index (χ3v) is 11.6. The molecule has 24 N–H and O–H groups in total. The number of nitrogens with two attached hydrogens (primary N) is 7. The summed E-state index contributed by atoms with van der Waals surface area (Å²) in [5.74, 6) is -7.72. The Kier molecular flexibility index (Phi) is 28.4. The number of carboxylic acids is 1. The minimum atomic E-state index is -1.56. The summed E-state index contributed by atoms with van der Waals surface area (Å²) in [5, 5.41) is 37.8. The highest BCUT2D eigenvalue weighted by Gasteiger charge is 2.40. The van der Waals surface area contributed by atoms with Crippen molar-refractivity contribution in [3.05, 3.63) is 18.2 Å². The number of likely N-dealkylation sites (tertiary alicyclic amines) is 1. The average molecular weight is 1020 g/mol. The maximum absolute atomic E-state index is 14.1. The molecule has 9 atom stereocenters. The van der Waals surface area contributed by atoms with E-state index in [9.17, 15) is 53.4 Å². The fraction of sp³-hybridized carbons (Fsp3) is 0.698. The molecule has 1 saturated heterocycles. The molecule has 0 aromatic carbocycles. The van der Waals surface area contributed by atoms with E-state index in [0.717, 1.165) is 0 Å². The van der Waals surface area contributed by atoms with Crippen LogP contribution in [0, 0.1) is 0 Å². The molecule has 8 amide bonds. The Labute approximate surface area is 417 Å². The van der Waals surface area contributed by atoms with Crippen LogP contribution in [0.2, 0.25) is 0 Å². The van der Waals surface area contributed by atoms with E-state index in [2.05, 4.69) is 52.2 Å². The number of aliphatic carboxylic acids is 1. The van der Waals surface area contributed by atoms with Gasteiger partial charge in [-0.1, -0.05) is 6.42 Å². The maximum atomic E-state index is 14.1. The van der Waals surface area contributed by atoms with Crippen LogP contribution in [0.25, 0.3) is 0 Å². The zero-order chi connectivity index (χ0) is 53.8. The van der Waals surface area contributed by atoms with Crippen molar-refractivity contribution in [2.45, 2.75) is 145 Å². The molecule has 0 aliphatic carbocycles. The molecule has 0 bridgehead atoms. The first-order valence-corrected chi connectivity index (χ1v) is 24.2. The average Bonchev–Trinajstić information content (AvgIpc) is 4.06. The second kappa shape index (κ2) is 33.2. The van der Waals surface area contributed by atoms with E-state index in [1.54, 1.807) is 0 Å². The van der Waals surface area contributed by atoms with Crippen molar-refractivity contribution in [2.75, 3.05) is 45.8 Å². The summed E-state index contributed by atoms with van der Waals surface area (Å²) in [6, 6.07) is -10.1. The lowest BCUT2D eigenvalue weighted by Crippen LogP contribution is -2.60. The van der Waals surface area contributed by atoms with Crippen molar-refractivity contribution < 1.29 is 53.4 Å². The maximum Gasteiger partial charge on any atom is 0.326 e. The van der Waals surface area contributed by atoms with Crippen LogP contribution >= 0.6 is 0 Å². The Morgan fingerprint density at radius 3 is 1.99 bits per heavy atom. The van der Waals surface area contributed by atoms with E-state index >= 15 is 0 Å². The smallest absolute Gasteiger partial charge is 0.326 e. The first-order chi connectivity index (χ1) is 34.3. The molecule has 2 rings (SSSR count). The van der Waals surface area contributed by atoms with Crippen molar-refractivity contribution in [1.29, 1.82) is 0 Å². The number of guanidine groups is 1. The van der Waals surface area contributed by atoms with Gasteiger partial charge < -0.3 is 97.5 Å². The Morgan fingerprint density at radius 2 is 1.38 bits per heavy atom. The molecule has 0 spiro atoms. The Hall–Kier alpha value is -6.53. The number of rotatable bonds is 35. The third-order valence-electron chi connectivity index (χ3n) is 11.6. The number of hydrogen-bond donors (Lipinski definition) is 17. The van der Waals surface area contributed by atoms with Gasteiger partial charge in [-0.25, -0.2) is 9.78 Å². The molecule has 29 nitrogen and oxygen atoms in total. The Bertz CT molecular complexity index is 1940. The molecule has 0 radical (unpaired) electrons. The number of aromatic nitrogens is 2. The summed E-state index contributed by atoms with van der Waals surface area (Å²) in [4.78, 5) is 132. The van der Waals surface area contributed by atoms with E-state index in [0.29, 0.717) is 44.3 Å². The largest absolute Gasteiger partial charge is 0.480 e. The predicted molar refractivity (Wildman–Crippen MR) is 262 cm³/mol. The van der Waals surface area contributed by atoms with Crippen LogP contribution in [-0.4, -0.2) is 185 Å². The lowest BCUT2D eigenvalue weighted by molar-refractivity contribution is -0.143. The van der Waals surface area contributed by atoms with Crippen LogP contribution in [0.15, 0.2) is 17.5 Å². The number of carboxylic acid groups (broad SMARTS) is 1. The number of amides is 8. The van der Waals surface area contributed by atoms with Crippen molar-refractivity contribution >= 4 is 59.2 Å². The molecule has 2 heterocycles. The molecule has 1 aromatic heterocycles. The van der Waals surface area contributed by atoms with Crippen LogP contribution in [0.1, 0.15) is 89.7 Å². The second-order valence-corrected chi connectivity index (χ2v) is 17.4. The van der Waals surface area contributed by atoms with Gasteiger partial charge in [-0.15, -0.1) is 0 Å². The van der Waals surface area contributed by atoms with E-state index < -0.39 is 121 Å². The standard InChI is InChI=1S/C43H78N18O11/c1-24(55-40(69)34(32(62)20-47)60-36(65)26(48)9-2-4-14-44)35(64)53-22-33(63)56-28(11-6-16-46)41(70)61-18-8-13-31(61)39(68)59-30(19-25-21-51-23-54-25)38(67)57-27(10-3-5-15-45)37(66)58-29(42(71)72)12-7-17-52-43(49)50/h21,23-24,26-32,34,62H,2-20,22,44-48H2,1H3,(H,51,54)(H,53,64)(H,55,69)(H,56,63)(H,57,67)(H,58,66)(H,59,68)(H,60,65)(H,71,72)(H4,49,50,52)/t24-,26-,27-,28+,29+,30-,31-,32-,34-/m0/s1. The van der Waals surface area contributed by atoms with Gasteiger partial charge in [-0.2, -0.15) is 0 Å². The van der Waals surface area contributed by atoms with E-state index in [-0.39, 0.29) is 83.5 Å². The third kappa shape index (κ3) is 21.9. The van der Waals surface area contributed by atoms with Gasteiger partial charge in [-0.05, 0) is 97.2 Å². The molecule has 1 aliphatic heterocycles. The summed E-state index contributed by atoms with van der Waals surface area (Å²) in [6.45, 7) is 1.29. The van der Waals surface area contributed by atoms with Gasteiger partial charge in [-0.3, -0.25) is 43.3 Å².